The number of hydrogen-bond acceptors (Lipinski definition) is 14. The van der Waals surface area contributed by atoms with Crippen molar-refractivity contribution in [1.29, 1.82) is 0 Å². The fraction of sp³-hybridized carbons (Fsp3) is 0. The van der Waals surface area contributed by atoms with E-state index in [1.807, 2.05) is 0 Å². The second-order valence-corrected chi connectivity index (χ2v) is 14.9. The van der Waals surface area contributed by atoms with Gasteiger partial charge >= 0.3 is 0 Å². The van der Waals surface area contributed by atoms with Crippen LogP contribution >= 0.6 is 0 Å². The molecule has 0 fully saturated rings. The second kappa shape index (κ2) is 13.9. The van der Waals surface area contributed by atoms with Crippen LogP contribution in [0.4, 0.5) is 22.7 Å². The number of phenols is 2. The monoisotopic (exact) mass is 743 g/mol. The number of hydrogen-bond donors (Lipinski definition) is 4. The Bertz CT molecular complexity index is 2510. The first-order chi connectivity index (χ1) is 23.1. The van der Waals surface area contributed by atoms with Crippen molar-refractivity contribution < 1.29 is 44.6 Å². The summed E-state index contributed by atoms with van der Waals surface area (Å²) in [5.41, 5.74) is -0.578. The van der Waals surface area contributed by atoms with E-state index in [2.05, 4.69) is 30.4 Å². The fourth-order valence-corrected chi connectivity index (χ4v) is 7.36. The summed E-state index contributed by atoms with van der Waals surface area (Å²) in [6, 6.07) is 17.7. The SMILES string of the molecule is O=S(=O)(O)c1cc(N=Nc2ccc(S(=O)(=O)c3ccc(N=Nc4cc(S(=O)(=O)O)c5cccnc5c4O)cc3)cc2)c(O)c2ncccc12.[Na]. The van der Waals surface area contributed by atoms with Gasteiger partial charge in [-0.3, -0.25) is 19.1 Å². The second-order valence-electron chi connectivity index (χ2n) is 10.1. The molecule has 16 nitrogen and oxygen atoms in total. The molecule has 2 heterocycles. The number of sulfone groups is 1. The number of fused-ring (bicyclic) bond motifs is 2. The molecular weight excluding hydrogens is 724 g/mol. The molecule has 6 aromatic rings. The molecule has 0 atom stereocenters. The van der Waals surface area contributed by atoms with Gasteiger partial charge in [-0.2, -0.15) is 27.1 Å². The molecular formula is C30H20N6NaO10S3. The maximum Gasteiger partial charge on any atom is 0.295 e. The van der Waals surface area contributed by atoms with Gasteiger partial charge in [0.2, 0.25) is 9.84 Å². The van der Waals surface area contributed by atoms with Crippen LogP contribution in [-0.2, 0) is 30.1 Å². The maximum atomic E-state index is 13.3. The van der Waals surface area contributed by atoms with E-state index in [0.717, 1.165) is 12.1 Å². The van der Waals surface area contributed by atoms with Gasteiger partial charge in [0.25, 0.3) is 20.2 Å². The van der Waals surface area contributed by atoms with Crippen molar-refractivity contribution in [3.05, 3.63) is 97.3 Å². The zero-order valence-corrected chi connectivity index (χ0v) is 29.8. The van der Waals surface area contributed by atoms with Crippen LogP contribution in [0.15, 0.2) is 137 Å². The summed E-state index contributed by atoms with van der Waals surface area (Å²) in [6.45, 7) is 0. The summed E-state index contributed by atoms with van der Waals surface area (Å²) < 4.78 is 93.4. The van der Waals surface area contributed by atoms with E-state index < -0.39 is 51.4 Å². The molecule has 0 unspecified atom stereocenters. The van der Waals surface area contributed by atoms with Crippen molar-refractivity contribution in [3.63, 3.8) is 0 Å². The summed E-state index contributed by atoms with van der Waals surface area (Å²) in [4.78, 5) is 6.60. The third kappa shape index (κ3) is 7.25. The predicted molar refractivity (Wildman–Crippen MR) is 179 cm³/mol. The van der Waals surface area contributed by atoms with Crippen molar-refractivity contribution in [2.75, 3.05) is 0 Å². The summed E-state index contributed by atoms with van der Waals surface area (Å²) in [5.74, 6) is -0.967. The zero-order valence-electron chi connectivity index (χ0n) is 25.4. The number of rotatable bonds is 8. The third-order valence-corrected chi connectivity index (χ3v) is 10.6. The molecule has 0 aliphatic carbocycles. The van der Waals surface area contributed by atoms with E-state index in [1.54, 1.807) is 0 Å². The molecule has 2 aromatic heterocycles. The molecule has 6 rings (SSSR count). The molecule has 50 heavy (non-hydrogen) atoms. The predicted octanol–water partition coefficient (Wildman–Crippen LogP) is 5.97. The molecule has 0 saturated heterocycles. The molecule has 0 saturated carbocycles. The number of aromatic nitrogens is 2. The van der Waals surface area contributed by atoms with Gasteiger partial charge in [0, 0.05) is 52.7 Å². The Balaban J connectivity index is 0.00000486. The Morgan fingerprint density at radius 2 is 0.880 bits per heavy atom. The smallest absolute Gasteiger partial charge is 0.295 e. The first kappa shape index (κ1) is 36.5. The third-order valence-electron chi connectivity index (χ3n) is 7.01. The largest absolute Gasteiger partial charge is 0.504 e. The number of benzene rings is 4. The minimum atomic E-state index is -4.71. The Hall–Kier alpha value is -4.73. The first-order valence-electron chi connectivity index (χ1n) is 13.6. The molecule has 4 aromatic carbocycles. The van der Waals surface area contributed by atoms with Gasteiger partial charge in [-0.1, -0.05) is 0 Å². The van der Waals surface area contributed by atoms with Crippen LogP contribution < -0.4 is 0 Å². The van der Waals surface area contributed by atoms with Crippen LogP contribution in [0, 0.1) is 0 Å². The molecule has 4 N–H and O–H groups in total. The van der Waals surface area contributed by atoms with Crippen LogP contribution in [0.25, 0.3) is 21.8 Å². The van der Waals surface area contributed by atoms with E-state index in [9.17, 15) is 44.6 Å². The molecule has 0 aliphatic rings. The molecule has 249 valence electrons. The number of aromatic hydroxyl groups is 2. The Morgan fingerprint density at radius 3 is 1.22 bits per heavy atom. The Kier molecular flexibility index (Phi) is 10.1. The van der Waals surface area contributed by atoms with Crippen molar-refractivity contribution in [2.45, 2.75) is 19.6 Å². The van der Waals surface area contributed by atoms with Crippen LogP contribution in [0.2, 0.25) is 0 Å². The average Bonchev–Trinajstić information content (AvgIpc) is 3.07. The van der Waals surface area contributed by atoms with Crippen LogP contribution in [0.1, 0.15) is 0 Å². The van der Waals surface area contributed by atoms with Gasteiger partial charge in [0.15, 0.2) is 11.5 Å². The van der Waals surface area contributed by atoms with Gasteiger partial charge in [-0.25, -0.2) is 8.42 Å². The maximum absolute atomic E-state index is 13.3. The number of pyridine rings is 2. The van der Waals surface area contributed by atoms with Crippen molar-refractivity contribution >= 4 is 104 Å². The zero-order chi connectivity index (χ0) is 35.1. The molecule has 0 aliphatic heterocycles. The Morgan fingerprint density at radius 1 is 0.520 bits per heavy atom. The number of phenolic OH excluding ortho intramolecular Hbond substituents is 2. The van der Waals surface area contributed by atoms with Crippen LogP contribution in [0.3, 0.4) is 0 Å². The van der Waals surface area contributed by atoms with Crippen LogP contribution in [0.5, 0.6) is 11.5 Å². The van der Waals surface area contributed by atoms with Crippen molar-refractivity contribution in [3.8, 4) is 11.5 Å². The summed E-state index contributed by atoms with van der Waals surface area (Å²) in [7, 11) is -13.5. The van der Waals surface area contributed by atoms with E-state index in [1.165, 1.54) is 85.2 Å². The van der Waals surface area contributed by atoms with Gasteiger partial charge in [0.05, 0.1) is 21.2 Å². The molecule has 0 amide bonds. The standard InChI is InChI=1S/C30H20N6O10S3.Na/c37-29-23(15-25(48(41,42)43)21-3-1-13-31-27(21)29)35-33-17-5-9-19(10-6-17)47(39,40)20-11-7-18(8-12-20)34-36-24-16-26(49(44,45)46)22-4-2-14-32-28(22)30(24)38;/h1-16,37-38H,(H,41,42,43)(H,44,45,46);. The normalized spacial score (nSPS) is 12.5. The minimum absolute atomic E-state index is 0. The molecule has 0 spiro atoms. The average molecular weight is 744 g/mol. The van der Waals surface area contributed by atoms with Gasteiger partial charge in [0.1, 0.15) is 32.2 Å². The fourth-order valence-electron chi connectivity index (χ4n) is 4.69. The summed E-state index contributed by atoms with van der Waals surface area (Å²) in [6.07, 6.45) is 2.63. The van der Waals surface area contributed by atoms with E-state index in [0.29, 0.717) is 0 Å². The minimum Gasteiger partial charge on any atom is -0.504 e. The van der Waals surface area contributed by atoms with E-state index >= 15 is 0 Å². The molecule has 1 radical (unpaired) electrons. The van der Waals surface area contributed by atoms with Gasteiger partial charge in [-0.05, 0) is 84.9 Å². The van der Waals surface area contributed by atoms with Crippen molar-refractivity contribution in [1.82, 2.24) is 9.97 Å². The van der Waals surface area contributed by atoms with Crippen LogP contribution in [-0.4, -0.2) is 84.1 Å². The number of nitrogens with zero attached hydrogens (tertiary/aromatic N) is 6. The Labute approximate surface area is 305 Å². The number of azo groups is 2. The molecule has 20 heteroatoms. The first-order valence-corrected chi connectivity index (χ1v) is 18.0. The quantitative estimate of drug-likeness (QED) is 0.0798. The van der Waals surface area contributed by atoms with Gasteiger partial charge in [-0.15, -0.1) is 10.2 Å². The summed E-state index contributed by atoms with van der Waals surface area (Å²) >= 11 is 0. The van der Waals surface area contributed by atoms with Gasteiger partial charge < -0.3 is 10.2 Å². The van der Waals surface area contributed by atoms with E-state index in [4.69, 9.17) is 0 Å². The molecule has 0 bridgehead atoms. The van der Waals surface area contributed by atoms with E-state index in [-0.39, 0.29) is 83.9 Å². The van der Waals surface area contributed by atoms with Crippen molar-refractivity contribution in [2.24, 2.45) is 20.5 Å². The topological polar surface area (TPSA) is 259 Å². The summed E-state index contributed by atoms with van der Waals surface area (Å²) in [5, 5.41) is 36.7.